The van der Waals surface area contributed by atoms with Crippen LogP contribution in [0, 0.1) is 0 Å². The summed E-state index contributed by atoms with van der Waals surface area (Å²) >= 11 is 1.26. The van der Waals surface area contributed by atoms with Gasteiger partial charge in [-0.3, -0.25) is 4.79 Å². The van der Waals surface area contributed by atoms with E-state index in [1.807, 2.05) is 24.3 Å². The molecule has 0 saturated carbocycles. The number of nitrogen functional groups attached to an aromatic ring is 2. The number of nitrogens with one attached hydrogen (secondary N) is 1. The highest BCUT2D eigenvalue weighted by molar-refractivity contribution is 7.18. The zero-order chi connectivity index (χ0) is 23.7. The van der Waals surface area contributed by atoms with Crippen LogP contribution in [0.1, 0.15) is 28.1 Å². The van der Waals surface area contributed by atoms with Gasteiger partial charge in [0.25, 0.3) is 0 Å². The molecule has 2 aliphatic heterocycles. The molecule has 0 atom stereocenters. The maximum atomic E-state index is 13.1. The number of piperazine rings is 1. The SMILES string of the molecule is CN1CCN(c2ccc(Nc3nc(N)c(C(=O)c4ccc(N5CCCC5)c(N)c4)s3)cc2)CC1. The summed E-state index contributed by atoms with van der Waals surface area (Å²) in [7, 11) is 2.15. The van der Waals surface area contributed by atoms with Gasteiger partial charge in [0.2, 0.25) is 5.78 Å². The number of thiazole rings is 1. The van der Waals surface area contributed by atoms with E-state index in [0.717, 1.165) is 50.6 Å². The van der Waals surface area contributed by atoms with Crippen LogP contribution in [0.15, 0.2) is 42.5 Å². The van der Waals surface area contributed by atoms with Gasteiger partial charge < -0.3 is 31.5 Å². The van der Waals surface area contributed by atoms with Crippen LogP contribution < -0.4 is 26.6 Å². The molecule has 2 fully saturated rings. The zero-order valence-corrected chi connectivity index (χ0v) is 20.3. The number of ketones is 1. The first kappa shape index (κ1) is 22.5. The van der Waals surface area contributed by atoms with Crippen molar-refractivity contribution in [3.8, 4) is 0 Å². The molecule has 0 unspecified atom stereocenters. The van der Waals surface area contributed by atoms with E-state index in [4.69, 9.17) is 11.5 Å². The van der Waals surface area contributed by atoms with Crippen molar-refractivity contribution >= 4 is 50.8 Å². The highest BCUT2D eigenvalue weighted by Crippen LogP contribution is 2.33. The standard InChI is InChI=1S/C25H31N7OS/c1-30-12-14-31(15-13-30)19-7-5-18(6-8-19)28-25-29-24(27)23(34-25)22(33)17-4-9-21(20(26)16-17)32-10-2-3-11-32/h4-9,16H,2-3,10-15,26-27H2,1H3,(H,28,29). The molecule has 0 radical (unpaired) electrons. The first-order chi connectivity index (χ1) is 16.5. The zero-order valence-electron chi connectivity index (χ0n) is 19.5. The fourth-order valence-electron chi connectivity index (χ4n) is 4.56. The Balaban J connectivity index is 1.27. The van der Waals surface area contributed by atoms with Gasteiger partial charge in [0.1, 0.15) is 10.7 Å². The number of benzene rings is 2. The number of likely N-dealkylation sites (N-methyl/N-ethyl adjacent to an activating group) is 1. The van der Waals surface area contributed by atoms with Gasteiger partial charge in [-0.1, -0.05) is 11.3 Å². The second kappa shape index (κ2) is 9.52. The normalized spacial score (nSPS) is 16.7. The Hall–Kier alpha value is -3.30. The largest absolute Gasteiger partial charge is 0.397 e. The lowest BCUT2D eigenvalue weighted by atomic mass is 10.1. The van der Waals surface area contributed by atoms with Crippen molar-refractivity contribution < 1.29 is 4.79 Å². The van der Waals surface area contributed by atoms with E-state index in [2.05, 4.69) is 44.2 Å². The van der Waals surface area contributed by atoms with Crippen molar-refractivity contribution in [2.24, 2.45) is 0 Å². The number of carbonyl (C=O) groups is 1. The second-order valence-corrected chi connectivity index (χ2v) is 9.99. The molecule has 178 valence electrons. The smallest absolute Gasteiger partial charge is 0.206 e. The van der Waals surface area contributed by atoms with E-state index in [-0.39, 0.29) is 11.6 Å². The molecule has 8 nitrogen and oxygen atoms in total. The molecule has 5 N–H and O–H groups in total. The number of carbonyl (C=O) groups excluding carboxylic acids is 1. The van der Waals surface area contributed by atoms with Crippen LogP contribution in [0.25, 0.3) is 0 Å². The monoisotopic (exact) mass is 477 g/mol. The van der Waals surface area contributed by atoms with Crippen LogP contribution in [-0.2, 0) is 0 Å². The van der Waals surface area contributed by atoms with E-state index in [1.165, 1.54) is 29.9 Å². The van der Waals surface area contributed by atoms with Gasteiger partial charge in [0, 0.05) is 56.2 Å². The summed E-state index contributed by atoms with van der Waals surface area (Å²) in [5.41, 5.74) is 16.7. The molecule has 34 heavy (non-hydrogen) atoms. The first-order valence-corrected chi connectivity index (χ1v) is 12.6. The van der Waals surface area contributed by atoms with Gasteiger partial charge in [-0.2, -0.15) is 0 Å². The molecule has 2 aromatic carbocycles. The number of nitrogens with zero attached hydrogens (tertiary/aromatic N) is 4. The number of rotatable bonds is 6. The maximum Gasteiger partial charge on any atom is 0.206 e. The van der Waals surface area contributed by atoms with Crippen molar-refractivity contribution in [2.45, 2.75) is 12.8 Å². The predicted octanol–water partition coefficient (Wildman–Crippen LogP) is 3.63. The Morgan fingerprint density at radius 3 is 2.32 bits per heavy atom. The molecule has 3 aromatic rings. The number of anilines is 6. The highest BCUT2D eigenvalue weighted by atomic mass is 32.1. The quantitative estimate of drug-likeness (QED) is 0.365. The average molecular weight is 478 g/mol. The second-order valence-electron chi connectivity index (χ2n) is 8.99. The van der Waals surface area contributed by atoms with Crippen molar-refractivity contribution in [3.05, 3.63) is 52.9 Å². The minimum absolute atomic E-state index is 0.159. The van der Waals surface area contributed by atoms with E-state index in [1.54, 1.807) is 6.07 Å². The van der Waals surface area contributed by atoms with Crippen LogP contribution in [0.5, 0.6) is 0 Å². The minimum atomic E-state index is -0.159. The molecule has 0 amide bonds. The summed E-state index contributed by atoms with van der Waals surface area (Å²) in [5.74, 6) is 0.0712. The summed E-state index contributed by atoms with van der Waals surface area (Å²) in [6.07, 6.45) is 2.34. The molecule has 9 heteroatoms. The Labute approximate surface area is 204 Å². The van der Waals surface area contributed by atoms with Gasteiger partial charge in [-0.25, -0.2) is 4.98 Å². The summed E-state index contributed by atoms with van der Waals surface area (Å²) in [6.45, 7) is 6.21. The molecule has 1 aromatic heterocycles. The first-order valence-electron chi connectivity index (χ1n) is 11.7. The highest BCUT2D eigenvalue weighted by Gasteiger charge is 2.21. The molecule has 0 spiro atoms. The number of hydrogen-bond donors (Lipinski definition) is 3. The third-order valence-corrected chi connectivity index (χ3v) is 7.57. The van der Waals surface area contributed by atoms with Crippen molar-refractivity contribution in [2.75, 3.05) is 72.9 Å². The fourth-order valence-corrected chi connectivity index (χ4v) is 5.43. The number of nitrogens with two attached hydrogens (primary N) is 2. The lowest BCUT2D eigenvalue weighted by Crippen LogP contribution is -2.44. The summed E-state index contributed by atoms with van der Waals surface area (Å²) in [6, 6.07) is 13.8. The minimum Gasteiger partial charge on any atom is -0.397 e. The third kappa shape index (κ3) is 4.67. The fraction of sp³-hybridized carbons (Fsp3) is 0.360. The number of aromatic nitrogens is 1. The summed E-state index contributed by atoms with van der Waals surface area (Å²) < 4.78 is 0. The van der Waals surface area contributed by atoms with Crippen LogP contribution in [-0.4, -0.2) is 62.0 Å². The number of hydrogen-bond acceptors (Lipinski definition) is 9. The molecule has 5 rings (SSSR count). The Kier molecular flexibility index (Phi) is 6.30. The van der Waals surface area contributed by atoms with Gasteiger partial charge in [0.15, 0.2) is 5.13 Å². The summed E-state index contributed by atoms with van der Waals surface area (Å²) in [5, 5.41) is 3.88. The van der Waals surface area contributed by atoms with Crippen LogP contribution in [0.4, 0.5) is 33.7 Å². The predicted molar refractivity (Wildman–Crippen MR) is 142 cm³/mol. The van der Waals surface area contributed by atoms with E-state index in [9.17, 15) is 4.79 Å². The lowest BCUT2D eigenvalue weighted by molar-refractivity contribution is 0.104. The van der Waals surface area contributed by atoms with Crippen LogP contribution in [0.2, 0.25) is 0 Å². The van der Waals surface area contributed by atoms with Crippen molar-refractivity contribution in [1.82, 2.24) is 9.88 Å². The average Bonchev–Trinajstić information content (AvgIpc) is 3.49. The van der Waals surface area contributed by atoms with Crippen LogP contribution in [0.3, 0.4) is 0 Å². The van der Waals surface area contributed by atoms with E-state index in [0.29, 0.717) is 21.3 Å². The Morgan fingerprint density at radius 1 is 0.941 bits per heavy atom. The molecule has 2 aliphatic rings. The molecule has 0 aliphatic carbocycles. The van der Waals surface area contributed by atoms with Gasteiger partial charge in [-0.05, 0) is 62.4 Å². The molecule has 0 bridgehead atoms. The molecular formula is C25H31N7OS. The Morgan fingerprint density at radius 2 is 1.65 bits per heavy atom. The van der Waals surface area contributed by atoms with Gasteiger partial charge in [0.05, 0.1) is 11.4 Å². The van der Waals surface area contributed by atoms with Gasteiger partial charge in [-0.15, -0.1) is 0 Å². The molecular weight excluding hydrogens is 446 g/mol. The molecule has 2 saturated heterocycles. The Bertz CT molecular complexity index is 1160. The van der Waals surface area contributed by atoms with E-state index >= 15 is 0 Å². The van der Waals surface area contributed by atoms with Gasteiger partial charge >= 0.3 is 0 Å². The maximum absolute atomic E-state index is 13.1. The lowest BCUT2D eigenvalue weighted by Gasteiger charge is -2.34. The third-order valence-electron chi connectivity index (χ3n) is 6.58. The van der Waals surface area contributed by atoms with E-state index < -0.39 is 0 Å². The van der Waals surface area contributed by atoms with Crippen LogP contribution >= 0.6 is 11.3 Å². The summed E-state index contributed by atoms with van der Waals surface area (Å²) in [4.78, 5) is 25.0. The molecule has 3 heterocycles. The topological polar surface area (TPSA) is 104 Å². The van der Waals surface area contributed by atoms with Crippen molar-refractivity contribution in [3.63, 3.8) is 0 Å². The van der Waals surface area contributed by atoms with Crippen molar-refractivity contribution in [1.29, 1.82) is 0 Å².